The first-order valence-electron chi connectivity index (χ1n) is 6.56. The van der Waals surface area contributed by atoms with Crippen LogP contribution in [0.25, 0.3) is 0 Å². The predicted molar refractivity (Wildman–Crippen MR) is 81.1 cm³/mol. The van der Waals surface area contributed by atoms with Gasteiger partial charge in [-0.05, 0) is 36.2 Å². The summed E-state index contributed by atoms with van der Waals surface area (Å²) in [6.07, 6.45) is 2.26. The second-order valence-electron chi connectivity index (χ2n) is 4.43. The minimum absolute atomic E-state index is 0.202. The van der Waals surface area contributed by atoms with E-state index in [2.05, 4.69) is 15.7 Å². The molecule has 0 spiro atoms. The highest BCUT2D eigenvalue weighted by Gasteiger charge is 2.06. The Kier molecular flexibility index (Phi) is 5.11. The lowest BCUT2D eigenvalue weighted by Gasteiger charge is -2.06. The zero-order valence-electron chi connectivity index (χ0n) is 11.8. The van der Waals surface area contributed by atoms with E-state index in [4.69, 9.17) is 10.6 Å². The summed E-state index contributed by atoms with van der Waals surface area (Å²) >= 11 is 0. The summed E-state index contributed by atoms with van der Waals surface area (Å²) in [7, 11) is 1.63. The Morgan fingerprint density at radius 2 is 2.00 bits per heavy atom. The normalized spacial score (nSPS) is 10.0. The number of nitrogen functional groups attached to an aromatic ring is 1. The van der Waals surface area contributed by atoms with Gasteiger partial charge >= 0.3 is 0 Å². The summed E-state index contributed by atoms with van der Waals surface area (Å²) in [6.45, 7) is 0.545. The molecule has 0 radical (unpaired) electrons. The molecule has 2 rings (SSSR count). The maximum absolute atomic E-state index is 11.9. The molecular weight excluding hydrogens is 268 g/mol. The molecule has 1 heterocycles. The van der Waals surface area contributed by atoms with Crippen molar-refractivity contribution in [1.29, 1.82) is 0 Å². The van der Waals surface area contributed by atoms with Crippen molar-refractivity contribution in [3.05, 3.63) is 53.9 Å². The van der Waals surface area contributed by atoms with E-state index in [0.29, 0.717) is 17.9 Å². The molecule has 1 aromatic carbocycles. The number of pyridine rings is 1. The molecule has 0 saturated heterocycles. The van der Waals surface area contributed by atoms with E-state index in [-0.39, 0.29) is 5.91 Å². The third-order valence-electron chi connectivity index (χ3n) is 3.02. The third kappa shape index (κ3) is 4.19. The largest absolute Gasteiger partial charge is 0.497 e. The Bertz CT molecular complexity index is 582. The average molecular weight is 286 g/mol. The van der Waals surface area contributed by atoms with E-state index in [0.717, 1.165) is 17.7 Å². The molecule has 0 atom stereocenters. The van der Waals surface area contributed by atoms with Crippen LogP contribution in [0.4, 0.5) is 5.69 Å². The molecule has 2 aromatic rings. The summed E-state index contributed by atoms with van der Waals surface area (Å²) in [5.74, 6) is 5.86. The van der Waals surface area contributed by atoms with Crippen LogP contribution < -0.4 is 21.3 Å². The molecule has 0 saturated carbocycles. The molecule has 0 aliphatic rings. The molecule has 21 heavy (non-hydrogen) atoms. The second kappa shape index (κ2) is 7.25. The molecule has 6 nitrogen and oxygen atoms in total. The number of amides is 1. The topological polar surface area (TPSA) is 89.3 Å². The Labute approximate surface area is 123 Å². The number of hydrogen-bond donors (Lipinski definition) is 3. The van der Waals surface area contributed by atoms with E-state index in [1.165, 1.54) is 6.20 Å². The molecule has 0 aliphatic heterocycles. The van der Waals surface area contributed by atoms with Crippen molar-refractivity contribution in [2.75, 3.05) is 19.1 Å². The molecule has 4 N–H and O–H groups in total. The van der Waals surface area contributed by atoms with Gasteiger partial charge in [0.15, 0.2) is 0 Å². The molecule has 0 aliphatic carbocycles. The fraction of sp³-hybridized carbons (Fsp3) is 0.200. The number of benzene rings is 1. The highest BCUT2D eigenvalue weighted by atomic mass is 16.5. The van der Waals surface area contributed by atoms with Crippen molar-refractivity contribution in [3.8, 4) is 5.75 Å². The lowest BCUT2D eigenvalue weighted by atomic mass is 10.1. The van der Waals surface area contributed by atoms with Gasteiger partial charge in [0.1, 0.15) is 11.4 Å². The maximum atomic E-state index is 11.9. The minimum Gasteiger partial charge on any atom is -0.497 e. The molecule has 110 valence electrons. The van der Waals surface area contributed by atoms with Gasteiger partial charge in [-0.25, -0.2) is 4.98 Å². The first kappa shape index (κ1) is 14.8. The average Bonchev–Trinajstić information content (AvgIpc) is 2.55. The number of nitrogens with two attached hydrogens (primary N) is 1. The maximum Gasteiger partial charge on any atom is 0.269 e. The Balaban J connectivity index is 1.82. The van der Waals surface area contributed by atoms with Crippen LogP contribution in [0.15, 0.2) is 42.6 Å². The number of hydrazine groups is 1. The highest BCUT2D eigenvalue weighted by Crippen LogP contribution is 2.11. The smallest absolute Gasteiger partial charge is 0.269 e. The zero-order chi connectivity index (χ0) is 15.1. The van der Waals surface area contributed by atoms with Gasteiger partial charge in [-0.1, -0.05) is 12.1 Å². The number of aromatic nitrogens is 1. The van der Waals surface area contributed by atoms with Crippen molar-refractivity contribution in [2.24, 2.45) is 5.84 Å². The fourth-order valence-corrected chi connectivity index (χ4v) is 1.82. The molecule has 1 amide bonds. The number of carbonyl (C=O) groups is 1. The third-order valence-corrected chi connectivity index (χ3v) is 3.02. The van der Waals surface area contributed by atoms with Crippen molar-refractivity contribution in [3.63, 3.8) is 0 Å². The summed E-state index contributed by atoms with van der Waals surface area (Å²) in [4.78, 5) is 15.9. The van der Waals surface area contributed by atoms with Crippen molar-refractivity contribution in [2.45, 2.75) is 6.42 Å². The van der Waals surface area contributed by atoms with Gasteiger partial charge in [-0.3, -0.25) is 10.6 Å². The number of nitrogens with zero attached hydrogens (tertiary/aromatic N) is 1. The quantitative estimate of drug-likeness (QED) is 0.551. The van der Waals surface area contributed by atoms with E-state index in [1.54, 1.807) is 19.2 Å². The molecule has 6 heteroatoms. The molecule has 0 fully saturated rings. The van der Waals surface area contributed by atoms with Crippen LogP contribution in [0.5, 0.6) is 5.75 Å². The van der Waals surface area contributed by atoms with E-state index < -0.39 is 0 Å². The van der Waals surface area contributed by atoms with E-state index in [1.807, 2.05) is 24.3 Å². The number of hydrogen-bond acceptors (Lipinski definition) is 5. The highest BCUT2D eigenvalue weighted by molar-refractivity contribution is 5.92. The van der Waals surface area contributed by atoms with Gasteiger partial charge in [0.05, 0.1) is 19.0 Å². The fourth-order valence-electron chi connectivity index (χ4n) is 1.82. The Morgan fingerprint density at radius 1 is 1.24 bits per heavy atom. The first-order chi connectivity index (χ1) is 10.2. The zero-order valence-corrected chi connectivity index (χ0v) is 11.8. The summed E-state index contributed by atoms with van der Waals surface area (Å²) in [5.41, 5.74) is 4.62. The summed E-state index contributed by atoms with van der Waals surface area (Å²) in [5, 5.41) is 2.83. The molecule has 0 unspecified atom stereocenters. The number of anilines is 1. The van der Waals surface area contributed by atoms with Crippen LogP contribution in [0.1, 0.15) is 16.1 Å². The van der Waals surface area contributed by atoms with Crippen molar-refractivity contribution < 1.29 is 9.53 Å². The van der Waals surface area contributed by atoms with Crippen LogP contribution in [0, 0.1) is 0 Å². The van der Waals surface area contributed by atoms with Gasteiger partial charge in [-0.15, -0.1) is 0 Å². The van der Waals surface area contributed by atoms with E-state index in [9.17, 15) is 4.79 Å². The summed E-state index contributed by atoms with van der Waals surface area (Å²) in [6, 6.07) is 11.1. The van der Waals surface area contributed by atoms with Crippen molar-refractivity contribution >= 4 is 11.6 Å². The lowest BCUT2D eigenvalue weighted by molar-refractivity contribution is 0.0949. The van der Waals surface area contributed by atoms with Gasteiger partial charge in [0, 0.05) is 6.54 Å². The number of ether oxygens (including phenoxy) is 1. The van der Waals surface area contributed by atoms with Crippen LogP contribution in [0.2, 0.25) is 0 Å². The first-order valence-corrected chi connectivity index (χ1v) is 6.56. The minimum atomic E-state index is -0.202. The van der Waals surface area contributed by atoms with Gasteiger partial charge in [0.2, 0.25) is 0 Å². The SMILES string of the molecule is COc1ccc(CCNC(=O)c2ccc(NN)cn2)cc1. The van der Waals surface area contributed by atoms with Crippen LogP contribution in [-0.4, -0.2) is 24.5 Å². The molecular formula is C15H18N4O2. The standard InChI is InChI=1S/C15H18N4O2/c1-21-13-5-2-11(3-6-13)8-9-17-15(20)14-7-4-12(19-16)10-18-14/h2-7,10,19H,8-9,16H2,1H3,(H,17,20). The van der Waals surface area contributed by atoms with Gasteiger partial charge < -0.3 is 15.5 Å². The van der Waals surface area contributed by atoms with Gasteiger partial charge in [-0.2, -0.15) is 0 Å². The Morgan fingerprint density at radius 3 is 2.57 bits per heavy atom. The number of nitrogens with one attached hydrogen (secondary N) is 2. The summed E-state index contributed by atoms with van der Waals surface area (Å²) < 4.78 is 5.10. The van der Waals surface area contributed by atoms with Gasteiger partial charge in [0.25, 0.3) is 5.91 Å². The second-order valence-corrected chi connectivity index (χ2v) is 4.43. The lowest BCUT2D eigenvalue weighted by Crippen LogP contribution is -2.26. The Hall–Kier alpha value is -2.60. The van der Waals surface area contributed by atoms with E-state index >= 15 is 0 Å². The number of carbonyl (C=O) groups excluding carboxylic acids is 1. The number of methoxy groups -OCH3 is 1. The van der Waals surface area contributed by atoms with Crippen molar-refractivity contribution in [1.82, 2.24) is 10.3 Å². The van der Waals surface area contributed by atoms with Crippen LogP contribution >= 0.6 is 0 Å². The molecule has 0 bridgehead atoms. The number of rotatable bonds is 6. The van der Waals surface area contributed by atoms with Crippen LogP contribution in [0.3, 0.4) is 0 Å². The predicted octanol–water partition coefficient (Wildman–Crippen LogP) is 1.35. The monoisotopic (exact) mass is 286 g/mol. The van der Waals surface area contributed by atoms with Crippen LogP contribution in [-0.2, 0) is 6.42 Å². The molecule has 1 aromatic heterocycles.